The van der Waals surface area contributed by atoms with Gasteiger partial charge in [-0.15, -0.1) is 0 Å². The number of hydrogen-bond acceptors (Lipinski definition) is 2. The van der Waals surface area contributed by atoms with E-state index in [1.807, 2.05) is 26.0 Å². The number of anilines is 1. The van der Waals surface area contributed by atoms with Gasteiger partial charge in [-0.05, 0) is 87.8 Å². The molecule has 2 rings (SSSR count). The number of carbonyl (C=O) groups is 1. The fourth-order valence-electron chi connectivity index (χ4n) is 4.05. The van der Waals surface area contributed by atoms with Gasteiger partial charge in [0, 0.05) is 18.3 Å². The number of phenolic OH excluding ortho intramolecular Hbond substituents is 1. The van der Waals surface area contributed by atoms with E-state index >= 15 is 0 Å². The molecule has 0 bridgehead atoms. The maximum Gasteiger partial charge on any atom is 0.251 e. The maximum atomic E-state index is 12.7. The molecule has 0 aliphatic heterocycles. The van der Waals surface area contributed by atoms with Crippen LogP contribution in [0.3, 0.4) is 0 Å². The molecule has 1 aliphatic rings. The lowest BCUT2D eigenvalue weighted by Gasteiger charge is -2.32. The molecule has 0 spiro atoms. The molecule has 0 unspecified atom stereocenters. The third-order valence-corrected chi connectivity index (χ3v) is 5.87. The van der Waals surface area contributed by atoms with Gasteiger partial charge in [0.05, 0.1) is 0 Å². The molecule has 0 heterocycles. The lowest BCUT2D eigenvalue weighted by molar-refractivity contribution is -0.114. The SMILES string of the molecule is CCN(C(=O)/C=C(C)/C=C/C=C(C)/C=C/C1=C(C)CCCC1(C)C)c1ccc(O)cc1. The Morgan fingerprint density at radius 3 is 2.42 bits per heavy atom. The van der Waals surface area contributed by atoms with Crippen LogP contribution in [0.25, 0.3) is 0 Å². The highest BCUT2D eigenvalue weighted by Crippen LogP contribution is 2.40. The minimum absolute atomic E-state index is 0.0714. The fourth-order valence-corrected chi connectivity index (χ4v) is 4.05. The van der Waals surface area contributed by atoms with Crippen molar-refractivity contribution in [3.8, 4) is 5.75 Å². The van der Waals surface area contributed by atoms with Crippen molar-refractivity contribution in [1.29, 1.82) is 0 Å². The molecule has 166 valence electrons. The summed E-state index contributed by atoms with van der Waals surface area (Å²) in [4.78, 5) is 14.3. The van der Waals surface area contributed by atoms with Crippen molar-refractivity contribution < 1.29 is 9.90 Å². The van der Waals surface area contributed by atoms with Gasteiger partial charge in [0.25, 0.3) is 5.91 Å². The standard InChI is InChI=1S/C28H37NO2/c1-7-29(24-14-16-25(30)17-15-24)27(31)20-22(3)11-8-10-21(2)13-18-26-23(4)12-9-19-28(26,5)6/h8,10-11,13-18,20,30H,7,9,12,19H2,1-6H3/b11-8+,18-13+,21-10+,22-20+. The van der Waals surface area contributed by atoms with E-state index in [0.29, 0.717) is 6.54 Å². The normalized spacial score (nSPS) is 17.6. The lowest BCUT2D eigenvalue weighted by Crippen LogP contribution is -2.28. The van der Waals surface area contributed by atoms with Crippen LogP contribution in [0.1, 0.15) is 60.8 Å². The third-order valence-electron chi connectivity index (χ3n) is 5.87. The Bertz CT molecular complexity index is 924. The largest absolute Gasteiger partial charge is 0.508 e. The van der Waals surface area contributed by atoms with E-state index in [-0.39, 0.29) is 17.1 Å². The van der Waals surface area contributed by atoms with E-state index in [1.54, 1.807) is 35.2 Å². The summed E-state index contributed by atoms with van der Waals surface area (Å²) < 4.78 is 0. The summed E-state index contributed by atoms with van der Waals surface area (Å²) in [7, 11) is 0. The molecule has 0 fully saturated rings. The van der Waals surface area contributed by atoms with Crippen LogP contribution in [0.15, 0.2) is 83.0 Å². The highest BCUT2D eigenvalue weighted by Gasteiger charge is 2.26. The molecule has 1 aromatic rings. The predicted molar refractivity (Wildman–Crippen MR) is 132 cm³/mol. The van der Waals surface area contributed by atoms with Crippen molar-refractivity contribution in [2.24, 2.45) is 5.41 Å². The summed E-state index contributed by atoms with van der Waals surface area (Å²) in [5.41, 5.74) is 6.05. The molecule has 1 amide bonds. The van der Waals surface area contributed by atoms with Gasteiger partial charge < -0.3 is 10.0 Å². The van der Waals surface area contributed by atoms with E-state index in [2.05, 4.69) is 45.9 Å². The summed E-state index contributed by atoms with van der Waals surface area (Å²) in [6.07, 6.45) is 15.8. The monoisotopic (exact) mass is 419 g/mol. The van der Waals surface area contributed by atoms with E-state index in [9.17, 15) is 9.90 Å². The van der Waals surface area contributed by atoms with Crippen molar-refractivity contribution >= 4 is 11.6 Å². The van der Waals surface area contributed by atoms with Crippen LogP contribution < -0.4 is 4.90 Å². The number of nitrogens with zero attached hydrogens (tertiary/aromatic N) is 1. The molecule has 1 N–H and O–H groups in total. The first kappa shape index (κ1) is 24.5. The number of allylic oxidation sites excluding steroid dienone is 9. The van der Waals surface area contributed by atoms with Gasteiger partial charge in [-0.2, -0.15) is 0 Å². The maximum absolute atomic E-state index is 12.7. The summed E-state index contributed by atoms with van der Waals surface area (Å²) in [5, 5.41) is 9.45. The van der Waals surface area contributed by atoms with E-state index in [4.69, 9.17) is 0 Å². The van der Waals surface area contributed by atoms with Crippen LogP contribution in [-0.2, 0) is 4.79 Å². The third kappa shape index (κ3) is 7.13. The van der Waals surface area contributed by atoms with Gasteiger partial charge in [-0.1, -0.05) is 55.4 Å². The molecule has 0 saturated heterocycles. The number of phenols is 1. The molecule has 0 saturated carbocycles. The van der Waals surface area contributed by atoms with Crippen molar-refractivity contribution in [3.05, 3.63) is 83.0 Å². The number of benzene rings is 1. The fraction of sp³-hybridized carbons (Fsp3) is 0.393. The zero-order valence-corrected chi connectivity index (χ0v) is 19.9. The summed E-state index contributed by atoms with van der Waals surface area (Å²) in [6.45, 7) is 13.4. The molecular weight excluding hydrogens is 382 g/mol. The number of likely N-dealkylation sites (N-methyl/N-ethyl adjacent to an activating group) is 1. The minimum atomic E-state index is -0.0714. The second kappa shape index (κ2) is 11.0. The Morgan fingerprint density at radius 1 is 1.13 bits per heavy atom. The summed E-state index contributed by atoms with van der Waals surface area (Å²) in [6, 6.07) is 6.68. The van der Waals surface area contributed by atoms with Crippen molar-refractivity contribution in [1.82, 2.24) is 0 Å². The van der Waals surface area contributed by atoms with Crippen LogP contribution in [0.4, 0.5) is 5.69 Å². The molecule has 0 aromatic heterocycles. The average Bonchev–Trinajstić information content (AvgIpc) is 2.69. The molecule has 31 heavy (non-hydrogen) atoms. The highest BCUT2D eigenvalue weighted by molar-refractivity contribution is 6.02. The zero-order valence-electron chi connectivity index (χ0n) is 19.9. The number of carbonyl (C=O) groups excluding carboxylic acids is 1. The minimum Gasteiger partial charge on any atom is -0.508 e. The molecule has 1 aromatic carbocycles. The molecule has 1 aliphatic carbocycles. The van der Waals surface area contributed by atoms with E-state index in [1.165, 1.54) is 36.0 Å². The number of amides is 1. The van der Waals surface area contributed by atoms with Gasteiger partial charge >= 0.3 is 0 Å². The van der Waals surface area contributed by atoms with Crippen molar-refractivity contribution in [2.45, 2.75) is 60.8 Å². The quantitative estimate of drug-likeness (QED) is 0.373. The topological polar surface area (TPSA) is 40.5 Å². The Hall–Kier alpha value is -2.81. The second-order valence-electron chi connectivity index (χ2n) is 9.02. The van der Waals surface area contributed by atoms with Crippen molar-refractivity contribution in [2.75, 3.05) is 11.4 Å². The predicted octanol–water partition coefficient (Wildman–Crippen LogP) is 7.28. The molecule has 0 radical (unpaired) electrons. The van der Waals surface area contributed by atoms with Crippen LogP contribution in [0, 0.1) is 5.41 Å². The van der Waals surface area contributed by atoms with Gasteiger partial charge in [0.2, 0.25) is 0 Å². The van der Waals surface area contributed by atoms with Crippen LogP contribution >= 0.6 is 0 Å². The number of aromatic hydroxyl groups is 1. The van der Waals surface area contributed by atoms with Crippen LogP contribution in [-0.4, -0.2) is 17.6 Å². The first-order valence-corrected chi connectivity index (χ1v) is 11.2. The van der Waals surface area contributed by atoms with E-state index < -0.39 is 0 Å². The van der Waals surface area contributed by atoms with Crippen molar-refractivity contribution in [3.63, 3.8) is 0 Å². The molecule has 0 atom stereocenters. The van der Waals surface area contributed by atoms with Crippen LogP contribution in [0.5, 0.6) is 5.75 Å². The summed E-state index contributed by atoms with van der Waals surface area (Å²) >= 11 is 0. The lowest BCUT2D eigenvalue weighted by atomic mass is 9.72. The highest BCUT2D eigenvalue weighted by atomic mass is 16.3. The number of rotatable bonds is 7. The van der Waals surface area contributed by atoms with Gasteiger partial charge in [-0.25, -0.2) is 0 Å². The zero-order chi connectivity index (χ0) is 23.0. The van der Waals surface area contributed by atoms with Crippen LogP contribution in [0.2, 0.25) is 0 Å². The number of hydrogen-bond donors (Lipinski definition) is 1. The Morgan fingerprint density at radius 2 is 1.81 bits per heavy atom. The van der Waals surface area contributed by atoms with Gasteiger partial charge in [0.1, 0.15) is 5.75 Å². The smallest absolute Gasteiger partial charge is 0.251 e. The summed E-state index contributed by atoms with van der Waals surface area (Å²) in [5.74, 6) is 0.120. The first-order chi connectivity index (χ1) is 14.6. The first-order valence-electron chi connectivity index (χ1n) is 11.2. The van der Waals surface area contributed by atoms with Gasteiger partial charge in [0.15, 0.2) is 0 Å². The molecule has 3 nitrogen and oxygen atoms in total. The second-order valence-corrected chi connectivity index (χ2v) is 9.02. The van der Waals surface area contributed by atoms with Gasteiger partial charge in [-0.3, -0.25) is 4.79 Å². The van der Waals surface area contributed by atoms with E-state index in [0.717, 1.165) is 11.3 Å². The molecule has 3 heteroatoms. The Labute approximate surface area is 188 Å². The Balaban J connectivity index is 2.04. The Kier molecular flexibility index (Phi) is 8.67. The average molecular weight is 420 g/mol. The molecular formula is C28H37NO2.